The molecule has 0 aliphatic rings. The van der Waals surface area contributed by atoms with Crippen LogP contribution >= 0.6 is 42.1 Å². The minimum atomic E-state index is -4.21. The summed E-state index contributed by atoms with van der Waals surface area (Å²) in [5.74, 6) is 0. The Hall–Kier alpha value is -1.01. The summed E-state index contributed by atoms with van der Waals surface area (Å²) in [6, 6.07) is 12.1. The topological polar surface area (TPSA) is 283 Å². The van der Waals surface area contributed by atoms with Crippen molar-refractivity contribution in [3.8, 4) is 0 Å². The van der Waals surface area contributed by atoms with Gasteiger partial charge in [0, 0.05) is 9.79 Å². The van der Waals surface area contributed by atoms with E-state index in [2.05, 4.69) is 0 Å². The summed E-state index contributed by atoms with van der Waals surface area (Å²) in [6.07, 6.45) is 0. The molecule has 14 nitrogen and oxygen atoms in total. The monoisotopic (exact) mass is 528 g/mol. The zero-order valence-corrected chi connectivity index (χ0v) is 20.4. The molecule has 2 aromatic carbocycles. The highest BCUT2D eigenvalue weighted by molar-refractivity contribution is 7.99. The Morgan fingerprint density at radius 1 is 0.516 bits per heavy atom. The van der Waals surface area contributed by atoms with E-state index in [9.17, 15) is 18.3 Å². The van der Waals surface area contributed by atoms with Gasteiger partial charge in [-0.25, -0.2) is 8.88 Å². The number of nitrogens with zero attached hydrogens (tertiary/aromatic N) is 2. The van der Waals surface area contributed by atoms with Gasteiger partial charge in [-0.15, -0.1) is 0 Å². The first-order valence-electron chi connectivity index (χ1n) is 8.11. The highest BCUT2D eigenvalue weighted by Gasteiger charge is 2.37. The van der Waals surface area contributed by atoms with Gasteiger partial charge in [-0.1, -0.05) is 36.0 Å². The lowest BCUT2D eigenvalue weighted by atomic mass is 10.3. The van der Waals surface area contributed by atoms with Crippen LogP contribution in [0.5, 0.6) is 0 Å². The fourth-order valence-corrected chi connectivity index (χ4v) is 9.52. The Morgan fingerprint density at radius 3 is 1.03 bits per heavy atom. The van der Waals surface area contributed by atoms with Gasteiger partial charge < -0.3 is 0 Å². The third-order valence-electron chi connectivity index (χ3n) is 3.57. The summed E-state index contributed by atoms with van der Waals surface area (Å²) < 4.78 is 50.7. The van der Waals surface area contributed by atoms with Gasteiger partial charge >= 0.3 is 30.4 Å². The van der Waals surface area contributed by atoms with Crippen molar-refractivity contribution < 1.29 is 18.3 Å². The highest BCUT2D eigenvalue weighted by atomic mass is 32.2. The smallest absolute Gasteiger partial charge is 0.264 e. The molecule has 0 atom stereocenters. The Kier molecular flexibility index (Phi) is 7.69. The molecule has 0 radical (unpaired) electrons. The molecular weight excluding hydrogens is 504 g/mol. The Bertz CT molecular complexity index is 1020. The summed E-state index contributed by atoms with van der Waals surface area (Å²) in [6.45, 7) is 0. The van der Waals surface area contributed by atoms with Gasteiger partial charge in [0.05, 0.1) is 11.4 Å². The Morgan fingerprint density at radius 2 is 0.774 bits per heavy atom. The summed E-state index contributed by atoms with van der Waals surface area (Å²) in [5.41, 5.74) is 44.2. The van der Waals surface area contributed by atoms with Crippen LogP contribution in [0.1, 0.15) is 0 Å². The van der Waals surface area contributed by atoms with Gasteiger partial charge in [0.25, 0.3) is 0 Å². The quantitative estimate of drug-likeness (QED) is 0.225. The van der Waals surface area contributed by atoms with Crippen molar-refractivity contribution in [3.63, 3.8) is 0 Å². The van der Waals surface area contributed by atoms with Crippen molar-refractivity contribution in [2.24, 2.45) is 44.0 Å². The van der Waals surface area contributed by atoms with Crippen LogP contribution < -0.4 is 52.9 Å². The third-order valence-corrected chi connectivity index (χ3v) is 11.3. The highest BCUT2D eigenvalue weighted by Crippen LogP contribution is 2.58. The van der Waals surface area contributed by atoms with E-state index in [0.29, 0.717) is 8.88 Å². The Labute approximate surface area is 183 Å². The number of anilines is 2. The summed E-state index contributed by atoms with van der Waals surface area (Å²) >= 11 is 0.950. The molecule has 172 valence electrons. The number of nitrogens with two attached hydrogens (primary N) is 8. The fraction of sp³-hybridized carbons (Fsp3) is 0. The number of benzene rings is 2. The zero-order valence-electron chi connectivity index (χ0n) is 16.0. The standard InChI is InChI=1S/C12H24N10O4P4S/c13-27(14,23)21(28(15,16)24)9-5-1-3-7-11(9)31-12-8-4-2-6-10(12)22(29(17,18)25)30(19,20)26/h1-8H,(H4,13,14,23)(H4,15,16,24)(H4,17,18,25)(H4,19,20,26). The molecule has 16 N–H and O–H groups in total. The second-order valence-electron chi connectivity index (χ2n) is 6.31. The van der Waals surface area contributed by atoms with Crippen LogP contribution in [0.15, 0.2) is 58.3 Å². The van der Waals surface area contributed by atoms with Crippen molar-refractivity contribution in [3.05, 3.63) is 48.5 Å². The zero-order chi connectivity index (χ0) is 23.8. The minimum absolute atomic E-state index is 0.00267. The molecule has 0 fully saturated rings. The molecule has 0 spiro atoms. The molecule has 0 aliphatic heterocycles. The maximum atomic E-state index is 12.4. The van der Waals surface area contributed by atoms with Crippen LogP contribution in [0, 0.1) is 0 Å². The van der Waals surface area contributed by atoms with E-state index in [-0.39, 0.29) is 21.2 Å². The first-order valence-corrected chi connectivity index (χ1v) is 16.1. The van der Waals surface area contributed by atoms with Crippen LogP contribution in [0.2, 0.25) is 0 Å². The van der Waals surface area contributed by atoms with E-state index < -0.39 is 30.4 Å². The van der Waals surface area contributed by atoms with Crippen LogP contribution in [-0.2, 0) is 18.3 Å². The van der Waals surface area contributed by atoms with Crippen LogP contribution in [0.25, 0.3) is 0 Å². The largest absolute Gasteiger partial charge is 0.308 e. The average molecular weight is 528 g/mol. The summed E-state index contributed by atoms with van der Waals surface area (Å²) in [4.78, 5) is 0.574. The van der Waals surface area contributed by atoms with E-state index >= 15 is 0 Å². The van der Waals surface area contributed by atoms with E-state index in [0.717, 1.165) is 11.8 Å². The van der Waals surface area contributed by atoms with Crippen molar-refractivity contribution in [2.45, 2.75) is 9.79 Å². The first-order chi connectivity index (χ1) is 13.9. The number of rotatable bonds is 8. The molecule has 0 aliphatic carbocycles. The van der Waals surface area contributed by atoms with Gasteiger partial charge in [0.15, 0.2) is 0 Å². The molecule has 0 saturated carbocycles. The lowest BCUT2D eigenvalue weighted by Gasteiger charge is -2.32. The molecule has 0 bridgehead atoms. The number of hydrogen-bond acceptors (Lipinski definition) is 5. The predicted octanol–water partition coefficient (Wildman–Crippen LogP) is 1.55. The van der Waals surface area contributed by atoms with Gasteiger partial charge in [-0.2, -0.15) is 0 Å². The molecule has 0 heterocycles. The maximum absolute atomic E-state index is 12.4. The predicted molar refractivity (Wildman–Crippen MR) is 126 cm³/mol. The molecule has 19 heteroatoms. The van der Waals surface area contributed by atoms with E-state index in [1.807, 2.05) is 0 Å². The van der Waals surface area contributed by atoms with Gasteiger partial charge in [0.1, 0.15) is 0 Å². The normalized spacial score (nSPS) is 13.2. The van der Waals surface area contributed by atoms with Crippen molar-refractivity contribution in [1.82, 2.24) is 0 Å². The Balaban J connectivity index is 2.69. The minimum Gasteiger partial charge on any atom is -0.264 e. The molecule has 31 heavy (non-hydrogen) atoms. The molecule has 2 rings (SSSR count). The van der Waals surface area contributed by atoms with Gasteiger partial charge in [-0.05, 0) is 24.3 Å². The second kappa shape index (κ2) is 9.09. The summed E-state index contributed by atoms with van der Waals surface area (Å²) in [7, 11) is -16.8. The number of para-hydroxylation sites is 2. The summed E-state index contributed by atoms with van der Waals surface area (Å²) in [5, 5.41) is 0. The van der Waals surface area contributed by atoms with E-state index in [1.165, 1.54) is 36.4 Å². The molecule has 0 aromatic heterocycles. The number of hydrogen-bond donors (Lipinski definition) is 8. The van der Waals surface area contributed by atoms with Crippen LogP contribution in [0.4, 0.5) is 11.4 Å². The first kappa shape index (κ1) is 26.2. The van der Waals surface area contributed by atoms with Gasteiger partial charge in [0.2, 0.25) is 0 Å². The lowest BCUT2D eigenvalue weighted by Crippen LogP contribution is -2.33. The maximum Gasteiger partial charge on any atom is 0.308 e. The van der Waals surface area contributed by atoms with Crippen LogP contribution in [-0.4, -0.2) is 0 Å². The third kappa shape index (κ3) is 6.50. The van der Waals surface area contributed by atoms with Crippen LogP contribution in [0.3, 0.4) is 0 Å². The SMILES string of the molecule is NP(N)(=O)N(c1ccccc1Sc1ccccc1N(P(N)(N)=O)P(N)(N)=O)P(N)(N)=O. The fourth-order valence-electron chi connectivity index (χ4n) is 2.65. The lowest BCUT2D eigenvalue weighted by molar-refractivity contribution is 0.565. The van der Waals surface area contributed by atoms with Gasteiger partial charge in [-0.3, -0.25) is 62.3 Å². The molecular formula is C12H24N10O4P4S. The molecule has 0 unspecified atom stereocenters. The van der Waals surface area contributed by atoms with E-state index in [1.54, 1.807) is 12.1 Å². The molecule has 0 saturated heterocycles. The molecule has 2 aromatic rings. The van der Waals surface area contributed by atoms with Crippen molar-refractivity contribution >= 4 is 53.5 Å². The second-order valence-corrected chi connectivity index (χ2v) is 15.0. The van der Waals surface area contributed by atoms with E-state index in [4.69, 9.17) is 44.0 Å². The average Bonchev–Trinajstić information content (AvgIpc) is 2.53. The molecule has 0 amide bonds. The van der Waals surface area contributed by atoms with Crippen molar-refractivity contribution in [2.75, 3.05) is 8.88 Å². The van der Waals surface area contributed by atoms with Crippen molar-refractivity contribution in [1.29, 1.82) is 0 Å².